The monoisotopic (exact) mass is 440 g/mol. The molecule has 3 rings (SSSR count). The molecule has 0 radical (unpaired) electrons. The third-order valence-electron chi connectivity index (χ3n) is 5.21. The highest BCUT2D eigenvalue weighted by Crippen LogP contribution is 2.37. The van der Waals surface area contributed by atoms with Crippen molar-refractivity contribution in [1.29, 1.82) is 0 Å². The molecule has 3 aromatic rings. The van der Waals surface area contributed by atoms with Gasteiger partial charge in [0.1, 0.15) is 23.9 Å². The summed E-state index contributed by atoms with van der Waals surface area (Å²) < 4.78 is 12.8. The second-order valence-electron chi connectivity index (χ2n) is 7.89. The van der Waals surface area contributed by atoms with E-state index >= 15 is 0 Å². The number of anilines is 1. The molecule has 9 heteroatoms. The van der Waals surface area contributed by atoms with Crippen LogP contribution in [0.4, 0.5) is 5.82 Å². The van der Waals surface area contributed by atoms with Crippen LogP contribution in [0.1, 0.15) is 5.56 Å². The van der Waals surface area contributed by atoms with Crippen molar-refractivity contribution in [2.24, 2.45) is 7.05 Å². The normalized spacial score (nSPS) is 11.1. The number of benzene rings is 1. The van der Waals surface area contributed by atoms with Crippen molar-refractivity contribution < 1.29 is 19.4 Å². The molecule has 2 aromatic heterocycles. The lowest BCUT2D eigenvalue weighted by Gasteiger charge is -2.20. The predicted molar refractivity (Wildman–Crippen MR) is 124 cm³/mol. The van der Waals surface area contributed by atoms with Crippen molar-refractivity contribution in [2.75, 3.05) is 46.8 Å². The minimum absolute atomic E-state index is 0.195. The van der Waals surface area contributed by atoms with Crippen LogP contribution in [-0.4, -0.2) is 67.4 Å². The lowest BCUT2D eigenvalue weighted by atomic mass is 9.99. The Bertz CT molecular complexity index is 1190. The second kappa shape index (κ2) is 9.27. The molecule has 0 unspecified atom stereocenters. The predicted octanol–water partition coefficient (Wildman–Crippen LogP) is 2.20. The van der Waals surface area contributed by atoms with Crippen molar-refractivity contribution in [1.82, 2.24) is 14.5 Å². The third-order valence-corrected chi connectivity index (χ3v) is 5.21. The molecule has 2 heterocycles. The molecule has 1 aromatic carbocycles. The van der Waals surface area contributed by atoms with E-state index < -0.39 is 5.97 Å². The number of carboxylic acid groups (broad SMARTS) is 1. The lowest BCUT2D eigenvalue weighted by molar-refractivity contribution is -0.135. The SMILES string of the molecule is COc1cc(-c2cn(C)c(=O)c3cc(N(C)CC(=O)O)ncc23)cc(OC)c1CN(C)C. The van der Waals surface area contributed by atoms with Gasteiger partial charge in [0.15, 0.2) is 0 Å². The van der Waals surface area contributed by atoms with Gasteiger partial charge in [-0.05, 0) is 37.9 Å². The van der Waals surface area contributed by atoms with E-state index in [0.29, 0.717) is 34.6 Å². The van der Waals surface area contributed by atoms with Crippen LogP contribution in [0.25, 0.3) is 21.9 Å². The van der Waals surface area contributed by atoms with Gasteiger partial charge in [-0.3, -0.25) is 9.59 Å². The smallest absolute Gasteiger partial charge is 0.323 e. The number of aryl methyl sites for hydroxylation is 1. The van der Waals surface area contributed by atoms with Crippen LogP contribution < -0.4 is 19.9 Å². The number of aliphatic carboxylic acids is 1. The number of hydrogen-bond donors (Lipinski definition) is 1. The fraction of sp³-hybridized carbons (Fsp3) is 0.348. The van der Waals surface area contributed by atoms with Gasteiger partial charge in [0.05, 0.1) is 25.2 Å². The largest absolute Gasteiger partial charge is 0.496 e. The van der Waals surface area contributed by atoms with Crippen LogP contribution >= 0.6 is 0 Å². The summed E-state index contributed by atoms with van der Waals surface area (Å²) in [6, 6.07) is 5.47. The summed E-state index contributed by atoms with van der Waals surface area (Å²) in [7, 11) is 10.5. The number of hydrogen-bond acceptors (Lipinski definition) is 7. The summed E-state index contributed by atoms with van der Waals surface area (Å²) >= 11 is 0. The summed E-state index contributed by atoms with van der Waals surface area (Å²) in [5.41, 5.74) is 2.33. The van der Waals surface area contributed by atoms with Crippen LogP contribution in [0.2, 0.25) is 0 Å². The maximum atomic E-state index is 12.9. The van der Waals surface area contributed by atoms with Gasteiger partial charge >= 0.3 is 5.97 Å². The van der Waals surface area contributed by atoms with Gasteiger partial charge in [-0.25, -0.2) is 4.98 Å². The fourth-order valence-corrected chi connectivity index (χ4v) is 3.68. The summed E-state index contributed by atoms with van der Waals surface area (Å²) in [5, 5.41) is 10.2. The number of carboxylic acids is 1. The Hall–Kier alpha value is -3.59. The molecule has 32 heavy (non-hydrogen) atoms. The summed E-state index contributed by atoms with van der Waals surface area (Å²) in [6.07, 6.45) is 3.36. The second-order valence-corrected chi connectivity index (χ2v) is 7.89. The van der Waals surface area contributed by atoms with Gasteiger partial charge in [-0.15, -0.1) is 0 Å². The number of likely N-dealkylation sites (N-methyl/N-ethyl adjacent to an activating group) is 1. The number of methoxy groups -OCH3 is 2. The molecule has 9 nitrogen and oxygen atoms in total. The molecule has 0 saturated carbocycles. The zero-order chi connectivity index (χ0) is 23.6. The Labute approximate surface area is 186 Å². The van der Waals surface area contributed by atoms with Crippen LogP contribution in [0, 0.1) is 0 Å². The molecule has 0 atom stereocenters. The molecule has 0 amide bonds. The van der Waals surface area contributed by atoms with Crippen molar-refractivity contribution in [2.45, 2.75) is 6.54 Å². The highest BCUT2D eigenvalue weighted by atomic mass is 16.5. The van der Waals surface area contributed by atoms with Crippen LogP contribution in [-0.2, 0) is 18.4 Å². The summed E-state index contributed by atoms with van der Waals surface area (Å²) in [5.74, 6) is 0.792. The average molecular weight is 441 g/mol. The molecule has 0 fully saturated rings. The Morgan fingerprint density at radius 3 is 2.25 bits per heavy atom. The number of nitrogens with zero attached hydrogens (tertiary/aromatic N) is 4. The minimum atomic E-state index is -0.979. The zero-order valence-electron chi connectivity index (χ0n) is 19.2. The van der Waals surface area contributed by atoms with Gasteiger partial charge in [0.2, 0.25) is 0 Å². The Kier molecular flexibility index (Phi) is 6.69. The molecule has 170 valence electrons. The van der Waals surface area contributed by atoms with Gasteiger partial charge in [0.25, 0.3) is 5.56 Å². The van der Waals surface area contributed by atoms with Gasteiger partial charge in [-0.2, -0.15) is 0 Å². The van der Waals surface area contributed by atoms with Gasteiger partial charge in [-0.1, -0.05) is 0 Å². The van der Waals surface area contributed by atoms with E-state index in [9.17, 15) is 9.59 Å². The standard InChI is InChI=1S/C23H28N4O5/c1-25(2)11-18-19(31-5)7-14(8-20(18)32-6)17-12-27(4)23(30)15-9-21(24-10-16(15)17)26(3)13-22(28)29/h7-10,12H,11,13H2,1-6H3,(H,28,29). The molecule has 0 spiro atoms. The van der Waals surface area contributed by atoms with E-state index in [2.05, 4.69) is 4.98 Å². The first-order valence-electron chi connectivity index (χ1n) is 9.98. The lowest BCUT2D eigenvalue weighted by Crippen LogP contribution is -2.26. The van der Waals surface area contributed by atoms with Crippen LogP contribution in [0.15, 0.2) is 35.4 Å². The fourth-order valence-electron chi connectivity index (χ4n) is 3.68. The number of ether oxygens (including phenoxy) is 2. The minimum Gasteiger partial charge on any atom is -0.496 e. The highest BCUT2D eigenvalue weighted by molar-refractivity contribution is 5.97. The summed E-state index contributed by atoms with van der Waals surface area (Å²) in [6.45, 7) is 0.418. The highest BCUT2D eigenvalue weighted by Gasteiger charge is 2.18. The number of carbonyl (C=O) groups is 1. The summed E-state index contributed by atoms with van der Waals surface area (Å²) in [4.78, 5) is 31.9. The first-order valence-corrected chi connectivity index (χ1v) is 9.98. The molecule has 0 aliphatic rings. The van der Waals surface area contributed by atoms with Gasteiger partial charge < -0.3 is 28.9 Å². The van der Waals surface area contributed by atoms with E-state index in [1.165, 1.54) is 9.47 Å². The average Bonchev–Trinajstić information content (AvgIpc) is 2.75. The Morgan fingerprint density at radius 2 is 1.72 bits per heavy atom. The van der Waals surface area contributed by atoms with Crippen molar-refractivity contribution in [3.63, 3.8) is 0 Å². The van der Waals surface area contributed by atoms with E-state index in [0.717, 1.165) is 16.7 Å². The van der Waals surface area contributed by atoms with E-state index in [1.54, 1.807) is 46.8 Å². The maximum Gasteiger partial charge on any atom is 0.323 e. The molecule has 0 aliphatic heterocycles. The molecule has 0 saturated heterocycles. The van der Waals surface area contributed by atoms with Crippen LogP contribution in [0.3, 0.4) is 0 Å². The van der Waals surface area contributed by atoms with Crippen molar-refractivity contribution in [3.05, 3.63) is 46.5 Å². The Balaban J connectivity index is 2.24. The molecular weight excluding hydrogens is 412 g/mol. The first-order chi connectivity index (χ1) is 15.2. The molecule has 1 N–H and O–H groups in total. The van der Waals surface area contributed by atoms with E-state index in [-0.39, 0.29) is 12.1 Å². The van der Waals surface area contributed by atoms with E-state index in [4.69, 9.17) is 14.6 Å². The van der Waals surface area contributed by atoms with Gasteiger partial charge in [0, 0.05) is 44.0 Å². The molecule has 0 aliphatic carbocycles. The quantitative estimate of drug-likeness (QED) is 0.569. The third kappa shape index (κ3) is 4.52. The van der Waals surface area contributed by atoms with E-state index in [1.807, 2.05) is 31.1 Å². The molecular formula is C23H28N4O5. The first kappa shape index (κ1) is 23.1. The number of pyridine rings is 2. The molecule has 0 bridgehead atoms. The Morgan fingerprint density at radius 1 is 1.09 bits per heavy atom. The van der Waals surface area contributed by atoms with Crippen molar-refractivity contribution >= 4 is 22.6 Å². The van der Waals surface area contributed by atoms with Crippen LogP contribution in [0.5, 0.6) is 11.5 Å². The number of aromatic nitrogens is 2. The zero-order valence-corrected chi connectivity index (χ0v) is 19.2. The number of rotatable bonds is 8. The topological polar surface area (TPSA) is 97.1 Å². The van der Waals surface area contributed by atoms with Crippen molar-refractivity contribution in [3.8, 4) is 22.6 Å². The maximum absolute atomic E-state index is 12.9. The number of fused-ring (bicyclic) bond motifs is 1.